The molecule has 0 aliphatic heterocycles. The van der Waals surface area contributed by atoms with E-state index in [1.807, 2.05) is 0 Å². The number of nitrogens with two attached hydrogens (primary N) is 1. The highest BCUT2D eigenvalue weighted by Crippen LogP contribution is 2.21. The molecular weight excluding hydrogens is 180 g/mol. The van der Waals surface area contributed by atoms with Gasteiger partial charge in [0, 0.05) is 17.2 Å². The Bertz CT molecular complexity index is 265. The smallest absolute Gasteiger partial charge is 0.136 e. The summed E-state index contributed by atoms with van der Waals surface area (Å²) in [4.78, 5) is 0.320. The normalized spacial score (nSPS) is 10.2. The van der Waals surface area contributed by atoms with Gasteiger partial charge >= 0.3 is 0 Å². The molecule has 0 atom stereocenters. The molecule has 1 aromatic carbocycles. The van der Waals surface area contributed by atoms with Gasteiger partial charge in [0.05, 0.1) is 0 Å². The summed E-state index contributed by atoms with van der Waals surface area (Å²) < 4.78 is 25.4. The molecule has 0 radical (unpaired) electrons. The number of hydrogen-bond donors (Lipinski definition) is 1. The fraction of sp³-hybridized carbons (Fsp3) is 0.250. The second kappa shape index (κ2) is 4.42. The molecule has 12 heavy (non-hydrogen) atoms. The molecule has 0 heterocycles. The van der Waals surface area contributed by atoms with Crippen LogP contribution in [0.25, 0.3) is 0 Å². The highest BCUT2D eigenvalue weighted by atomic mass is 32.2. The molecule has 0 saturated heterocycles. The molecule has 1 aromatic rings. The van der Waals surface area contributed by atoms with E-state index in [9.17, 15) is 8.78 Å². The van der Waals surface area contributed by atoms with Gasteiger partial charge in [-0.25, -0.2) is 8.78 Å². The van der Waals surface area contributed by atoms with Crippen molar-refractivity contribution in [2.75, 3.05) is 12.3 Å². The number of rotatable bonds is 3. The molecule has 0 unspecified atom stereocenters. The van der Waals surface area contributed by atoms with E-state index in [0.29, 0.717) is 17.2 Å². The van der Waals surface area contributed by atoms with Crippen LogP contribution >= 0.6 is 11.8 Å². The van der Waals surface area contributed by atoms with Crippen molar-refractivity contribution in [2.45, 2.75) is 4.90 Å². The van der Waals surface area contributed by atoms with Crippen LogP contribution < -0.4 is 5.73 Å². The molecule has 0 aliphatic carbocycles. The van der Waals surface area contributed by atoms with Gasteiger partial charge in [-0.15, -0.1) is 11.8 Å². The van der Waals surface area contributed by atoms with Crippen LogP contribution in [0.5, 0.6) is 0 Å². The summed E-state index contributed by atoms with van der Waals surface area (Å²) in [6.45, 7) is 0.459. The first-order chi connectivity index (χ1) is 5.74. The van der Waals surface area contributed by atoms with E-state index in [1.54, 1.807) is 0 Å². The van der Waals surface area contributed by atoms with Gasteiger partial charge in [0.2, 0.25) is 0 Å². The fourth-order valence-corrected chi connectivity index (χ4v) is 1.50. The quantitative estimate of drug-likeness (QED) is 0.736. The number of hydrogen-bond acceptors (Lipinski definition) is 2. The van der Waals surface area contributed by atoms with Gasteiger partial charge in [0.15, 0.2) is 0 Å². The predicted octanol–water partition coefficient (Wildman–Crippen LogP) is 2.02. The second-order valence-corrected chi connectivity index (χ2v) is 3.35. The average molecular weight is 189 g/mol. The molecule has 0 spiro atoms. The van der Waals surface area contributed by atoms with Gasteiger partial charge in [-0.2, -0.15) is 0 Å². The third-order valence-electron chi connectivity index (χ3n) is 1.27. The second-order valence-electron chi connectivity index (χ2n) is 2.21. The first kappa shape index (κ1) is 9.48. The van der Waals surface area contributed by atoms with Gasteiger partial charge in [-0.05, 0) is 18.2 Å². The molecule has 2 N–H and O–H groups in total. The van der Waals surface area contributed by atoms with E-state index >= 15 is 0 Å². The van der Waals surface area contributed by atoms with Crippen LogP contribution in [-0.2, 0) is 0 Å². The Morgan fingerprint density at radius 2 is 2.08 bits per heavy atom. The maximum Gasteiger partial charge on any atom is 0.136 e. The lowest BCUT2D eigenvalue weighted by Crippen LogP contribution is -2.01. The molecular formula is C8H9F2NS. The lowest BCUT2D eigenvalue weighted by molar-refractivity contribution is 0.577. The lowest BCUT2D eigenvalue weighted by atomic mass is 10.3. The molecule has 0 bridgehead atoms. The minimum atomic E-state index is -0.420. The van der Waals surface area contributed by atoms with Crippen LogP contribution in [0.15, 0.2) is 23.1 Å². The highest BCUT2D eigenvalue weighted by Gasteiger charge is 2.02. The zero-order valence-electron chi connectivity index (χ0n) is 6.39. The minimum Gasteiger partial charge on any atom is -0.330 e. The van der Waals surface area contributed by atoms with Crippen molar-refractivity contribution in [1.82, 2.24) is 0 Å². The minimum absolute atomic E-state index is 0.320. The van der Waals surface area contributed by atoms with E-state index in [4.69, 9.17) is 5.73 Å². The number of thioether (sulfide) groups is 1. The molecule has 0 amide bonds. The Morgan fingerprint density at radius 3 is 2.75 bits per heavy atom. The van der Waals surface area contributed by atoms with Gasteiger partial charge in [0.25, 0.3) is 0 Å². The van der Waals surface area contributed by atoms with Gasteiger partial charge in [-0.1, -0.05) is 0 Å². The van der Waals surface area contributed by atoms with Crippen molar-refractivity contribution >= 4 is 11.8 Å². The van der Waals surface area contributed by atoms with Crippen molar-refractivity contribution in [2.24, 2.45) is 5.73 Å². The van der Waals surface area contributed by atoms with E-state index in [0.717, 1.165) is 12.1 Å². The molecule has 4 heteroatoms. The summed E-state index contributed by atoms with van der Waals surface area (Å²) in [7, 11) is 0. The third kappa shape index (κ3) is 2.46. The molecule has 0 saturated carbocycles. The molecule has 66 valence electrons. The summed E-state index contributed by atoms with van der Waals surface area (Å²) in [6.07, 6.45) is 0. The summed E-state index contributed by atoms with van der Waals surface area (Å²) in [5.74, 6) is -0.217. The van der Waals surface area contributed by atoms with E-state index in [1.165, 1.54) is 17.8 Å². The first-order valence-corrected chi connectivity index (χ1v) is 4.50. The maximum atomic E-state index is 12.9. The summed E-state index contributed by atoms with van der Waals surface area (Å²) in [6, 6.07) is 3.39. The number of benzene rings is 1. The predicted molar refractivity (Wildman–Crippen MR) is 46.1 cm³/mol. The molecule has 1 rings (SSSR count). The van der Waals surface area contributed by atoms with Crippen LogP contribution in [0.1, 0.15) is 0 Å². The van der Waals surface area contributed by atoms with Crippen molar-refractivity contribution in [3.8, 4) is 0 Å². The van der Waals surface area contributed by atoms with Crippen molar-refractivity contribution in [3.63, 3.8) is 0 Å². The van der Waals surface area contributed by atoms with Crippen LogP contribution in [0.4, 0.5) is 8.78 Å². The van der Waals surface area contributed by atoms with Gasteiger partial charge in [-0.3, -0.25) is 0 Å². The Kier molecular flexibility index (Phi) is 3.49. The van der Waals surface area contributed by atoms with Gasteiger partial charge in [0.1, 0.15) is 11.6 Å². The van der Waals surface area contributed by atoms with Crippen LogP contribution in [0.3, 0.4) is 0 Å². The van der Waals surface area contributed by atoms with Crippen LogP contribution in [0, 0.1) is 11.6 Å². The zero-order chi connectivity index (χ0) is 8.97. The first-order valence-electron chi connectivity index (χ1n) is 3.52. The monoisotopic (exact) mass is 189 g/mol. The summed E-state index contributed by atoms with van der Waals surface area (Å²) in [5, 5.41) is 0. The van der Waals surface area contributed by atoms with Crippen LogP contribution in [0.2, 0.25) is 0 Å². The largest absolute Gasteiger partial charge is 0.330 e. The Hall–Kier alpha value is -0.610. The van der Waals surface area contributed by atoms with Crippen LogP contribution in [-0.4, -0.2) is 12.3 Å². The van der Waals surface area contributed by atoms with Crippen molar-refractivity contribution in [1.29, 1.82) is 0 Å². The van der Waals surface area contributed by atoms with Gasteiger partial charge < -0.3 is 5.73 Å². The highest BCUT2D eigenvalue weighted by molar-refractivity contribution is 7.99. The SMILES string of the molecule is NCCSc1cc(F)ccc1F. The average Bonchev–Trinajstić information content (AvgIpc) is 2.07. The van der Waals surface area contributed by atoms with E-state index in [2.05, 4.69) is 0 Å². The molecule has 0 aromatic heterocycles. The van der Waals surface area contributed by atoms with E-state index < -0.39 is 11.6 Å². The van der Waals surface area contributed by atoms with Crippen molar-refractivity contribution in [3.05, 3.63) is 29.8 Å². The topological polar surface area (TPSA) is 26.0 Å². The Morgan fingerprint density at radius 1 is 1.33 bits per heavy atom. The van der Waals surface area contributed by atoms with Crippen molar-refractivity contribution < 1.29 is 8.78 Å². The third-order valence-corrected chi connectivity index (χ3v) is 2.33. The molecule has 1 nitrogen and oxygen atoms in total. The zero-order valence-corrected chi connectivity index (χ0v) is 7.20. The molecule has 0 fully saturated rings. The Balaban J connectivity index is 2.75. The maximum absolute atomic E-state index is 12.9. The number of halogens is 2. The molecule has 0 aliphatic rings. The summed E-state index contributed by atoms with van der Waals surface area (Å²) in [5.41, 5.74) is 5.23. The lowest BCUT2D eigenvalue weighted by Gasteiger charge is -2.00. The Labute approximate surface area is 74.0 Å². The fourth-order valence-electron chi connectivity index (χ4n) is 0.757. The standard InChI is InChI=1S/C8H9F2NS/c9-6-1-2-7(10)8(5-6)12-4-3-11/h1-2,5H,3-4,11H2. The summed E-state index contributed by atoms with van der Waals surface area (Å²) >= 11 is 1.22. The van der Waals surface area contributed by atoms with E-state index in [-0.39, 0.29) is 0 Å².